The Kier molecular flexibility index (Phi) is 7.78. The molecule has 200 valence electrons. The van der Waals surface area contributed by atoms with Crippen molar-refractivity contribution in [3.05, 3.63) is 82.4 Å². The van der Waals surface area contributed by atoms with Crippen LogP contribution in [0, 0.1) is 20.8 Å². The number of carboxylic acid groups (broad SMARTS) is 1. The van der Waals surface area contributed by atoms with Crippen LogP contribution in [0.4, 0.5) is 0 Å². The van der Waals surface area contributed by atoms with Gasteiger partial charge in [-0.25, -0.2) is 4.79 Å². The second-order valence-electron chi connectivity index (χ2n) is 10.1. The number of ether oxygens (including phenoxy) is 1. The first-order chi connectivity index (χ1) is 18.3. The molecule has 0 spiro atoms. The molecule has 8 nitrogen and oxygen atoms in total. The van der Waals surface area contributed by atoms with Crippen molar-refractivity contribution in [3.63, 3.8) is 0 Å². The Morgan fingerprint density at radius 2 is 1.92 bits per heavy atom. The maximum Gasteiger partial charge on any atom is 0.335 e. The molecule has 2 aliphatic rings. The summed E-state index contributed by atoms with van der Waals surface area (Å²) in [6, 6.07) is 13.4. The summed E-state index contributed by atoms with van der Waals surface area (Å²) in [4.78, 5) is 21.2. The van der Waals surface area contributed by atoms with Crippen LogP contribution in [0.2, 0.25) is 0 Å². The Morgan fingerprint density at radius 1 is 1.13 bits per heavy atom. The van der Waals surface area contributed by atoms with Crippen LogP contribution >= 0.6 is 12.2 Å². The van der Waals surface area contributed by atoms with Crippen LogP contribution in [0.15, 0.2) is 48.7 Å². The number of nitrogens with zero attached hydrogens (tertiary/aromatic N) is 4. The van der Waals surface area contributed by atoms with Gasteiger partial charge in [0.1, 0.15) is 0 Å². The van der Waals surface area contributed by atoms with Gasteiger partial charge in [0.15, 0.2) is 5.11 Å². The number of aryl methyl sites for hydroxylation is 2. The van der Waals surface area contributed by atoms with Gasteiger partial charge in [0.25, 0.3) is 0 Å². The van der Waals surface area contributed by atoms with Crippen molar-refractivity contribution in [2.24, 2.45) is 0 Å². The predicted octanol–water partition coefficient (Wildman–Crippen LogP) is 4.19. The molecule has 4 heterocycles. The zero-order valence-electron chi connectivity index (χ0n) is 22.2. The van der Waals surface area contributed by atoms with Crippen molar-refractivity contribution < 1.29 is 14.6 Å². The molecule has 2 fully saturated rings. The van der Waals surface area contributed by atoms with E-state index < -0.39 is 5.97 Å². The number of carbonyl (C=O) groups is 1. The summed E-state index contributed by atoms with van der Waals surface area (Å²) >= 11 is 5.89. The van der Waals surface area contributed by atoms with Crippen molar-refractivity contribution in [1.29, 1.82) is 0 Å². The molecule has 5 rings (SSSR count). The summed E-state index contributed by atoms with van der Waals surface area (Å²) in [6.07, 6.45) is 2.81. The molecule has 0 unspecified atom stereocenters. The van der Waals surface area contributed by atoms with E-state index in [4.69, 9.17) is 17.0 Å². The Balaban J connectivity index is 1.51. The second kappa shape index (κ2) is 11.2. The summed E-state index contributed by atoms with van der Waals surface area (Å²) in [7, 11) is 0. The minimum absolute atomic E-state index is 0.0370. The fraction of sp³-hybridized carbons (Fsp3) is 0.414. The van der Waals surface area contributed by atoms with Gasteiger partial charge in [-0.15, -0.1) is 0 Å². The lowest BCUT2D eigenvalue weighted by molar-refractivity contribution is 0.0365. The zero-order chi connectivity index (χ0) is 26.8. The predicted molar refractivity (Wildman–Crippen MR) is 151 cm³/mol. The molecule has 2 N–H and O–H groups in total. The highest BCUT2D eigenvalue weighted by Crippen LogP contribution is 2.41. The fourth-order valence-corrected chi connectivity index (χ4v) is 6.05. The van der Waals surface area contributed by atoms with E-state index in [2.05, 4.69) is 44.6 Å². The largest absolute Gasteiger partial charge is 0.478 e. The number of thiocarbonyl (C=S) groups is 1. The SMILES string of the molecule is Cc1ccc(C(=O)O)cc1-n1c(C)cc([C@H]2[C@@H](c3ccccn3)NC(=S)N2CCCN2CCOCC2)c1C. The summed E-state index contributed by atoms with van der Waals surface area (Å²) < 4.78 is 7.67. The molecule has 0 saturated carbocycles. The van der Waals surface area contributed by atoms with Crippen LogP contribution in [0.1, 0.15) is 57.1 Å². The minimum Gasteiger partial charge on any atom is -0.478 e. The van der Waals surface area contributed by atoms with Gasteiger partial charge in [-0.05, 0) is 80.9 Å². The van der Waals surface area contributed by atoms with E-state index in [1.807, 2.05) is 37.4 Å². The molecule has 38 heavy (non-hydrogen) atoms. The van der Waals surface area contributed by atoms with Crippen molar-refractivity contribution in [3.8, 4) is 5.69 Å². The lowest BCUT2D eigenvalue weighted by Gasteiger charge is -2.30. The lowest BCUT2D eigenvalue weighted by Crippen LogP contribution is -2.39. The third-order valence-electron chi connectivity index (χ3n) is 7.66. The number of nitrogens with one attached hydrogen (secondary N) is 1. The van der Waals surface area contributed by atoms with E-state index in [1.165, 1.54) is 0 Å². The Bertz CT molecular complexity index is 1320. The molecular formula is C29H35N5O3S. The van der Waals surface area contributed by atoms with E-state index in [1.54, 1.807) is 12.1 Å². The van der Waals surface area contributed by atoms with Crippen LogP contribution in [0.5, 0.6) is 0 Å². The number of carboxylic acids is 1. The molecule has 3 aromatic rings. The quantitative estimate of drug-likeness (QED) is 0.417. The molecular weight excluding hydrogens is 498 g/mol. The maximum atomic E-state index is 11.7. The van der Waals surface area contributed by atoms with Crippen LogP contribution in [-0.4, -0.2) is 74.9 Å². The first-order valence-electron chi connectivity index (χ1n) is 13.2. The highest BCUT2D eigenvalue weighted by Gasteiger charge is 2.41. The molecule has 0 radical (unpaired) electrons. The number of hydrogen-bond donors (Lipinski definition) is 2. The maximum absolute atomic E-state index is 11.7. The number of hydrogen-bond acceptors (Lipinski definition) is 5. The van der Waals surface area contributed by atoms with Gasteiger partial charge in [-0.2, -0.15) is 0 Å². The van der Waals surface area contributed by atoms with Crippen molar-refractivity contribution >= 4 is 23.3 Å². The summed E-state index contributed by atoms with van der Waals surface area (Å²) in [5.41, 5.74) is 6.42. The van der Waals surface area contributed by atoms with Gasteiger partial charge in [0.05, 0.1) is 36.6 Å². The fourth-order valence-electron chi connectivity index (χ4n) is 5.72. The summed E-state index contributed by atoms with van der Waals surface area (Å²) in [5, 5.41) is 13.9. The highest BCUT2D eigenvalue weighted by molar-refractivity contribution is 7.80. The molecule has 2 aliphatic heterocycles. The molecule has 2 atom stereocenters. The molecule has 1 aromatic carbocycles. The van der Waals surface area contributed by atoms with Crippen molar-refractivity contribution in [2.75, 3.05) is 39.4 Å². The highest BCUT2D eigenvalue weighted by atomic mass is 32.1. The second-order valence-corrected chi connectivity index (χ2v) is 10.5. The van der Waals surface area contributed by atoms with Crippen LogP contribution < -0.4 is 5.32 Å². The number of pyridine rings is 1. The minimum atomic E-state index is -0.930. The number of rotatable bonds is 8. The summed E-state index contributed by atoms with van der Waals surface area (Å²) in [5.74, 6) is -0.930. The van der Waals surface area contributed by atoms with Gasteiger partial charge >= 0.3 is 5.97 Å². The van der Waals surface area contributed by atoms with E-state index >= 15 is 0 Å². The van der Waals surface area contributed by atoms with Gasteiger partial charge in [-0.3, -0.25) is 9.88 Å². The van der Waals surface area contributed by atoms with E-state index in [0.717, 1.165) is 84.8 Å². The van der Waals surface area contributed by atoms with Crippen LogP contribution in [-0.2, 0) is 4.74 Å². The molecule has 0 amide bonds. The third-order valence-corrected chi connectivity index (χ3v) is 8.01. The van der Waals surface area contributed by atoms with Gasteiger partial charge in [0.2, 0.25) is 0 Å². The van der Waals surface area contributed by atoms with Crippen LogP contribution in [0.25, 0.3) is 5.69 Å². The van der Waals surface area contributed by atoms with E-state index in [0.29, 0.717) is 0 Å². The Hall–Kier alpha value is -3.27. The molecule has 2 aromatic heterocycles. The first kappa shape index (κ1) is 26.3. The molecule has 0 bridgehead atoms. The molecule has 2 saturated heterocycles. The van der Waals surface area contributed by atoms with Gasteiger partial charge in [-0.1, -0.05) is 12.1 Å². The van der Waals surface area contributed by atoms with Crippen molar-refractivity contribution in [1.82, 2.24) is 24.7 Å². The molecule has 9 heteroatoms. The van der Waals surface area contributed by atoms with Crippen molar-refractivity contribution in [2.45, 2.75) is 39.3 Å². The number of aromatic nitrogens is 2. The Morgan fingerprint density at radius 3 is 2.63 bits per heavy atom. The number of benzene rings is 1. The smallest absolute Gasteiger partial charge is 0.335 e. The average molecular weight is 534 g/mol. The van der Waals surface area contributed by atoms with Crippen LogP contribution in [0.3, 0.4) is 0 Å². The molecule has 0 aliphatic carbocycles. The third kappa shape index (κ3) is 5.18. The zero-order valence-corrected chi connectivity index (χ0v) is 23.0. The van der Waals surface area contributed by atoms with Gasteiger partial charge in [0, 0.05) is 49.5 Å². The van der Waals surface area contributed by atoms with Gasteiger partial charge < -0.3 is 24.6 Å². The number of morpholine rings is 1. The van der Waals surface area contributed by atoms with E-state index in [-0.39, 0.29) is 17.6 Å². The lowest BCUT2D eigenvalue weighted by atomic mass is 9.96. The topological polar surface area (TPSA) is 82.9 Å². The first-order valence-corrected chi connectivity index (χ1v) is 13.6. The van der Waals surface area contributed by atoms with E-state index in [9.17, 15) is 9.90 Å². The summed E-state index contributed by atoms with van der Waals surface area (Å²) in [6.45, 7) is 11.6. The Labute approximate surface area is 229 Å². The number of aromatic carboxylic acids is 1. The average Bonchev–Trinajstić information content (AvgIpc) is 3.40. The monoisotopic (exact) mass is 533 g/mol. The normalized spacial score (nSPS) is 20.1. The standard InChI is InChI=1S/C29H35N5O3S/c1-19-8-9-22(28(35)36)18-25(19)34-20(2)17-23(21(34)3)27-26(24-7-4-5-10-30-24)31-29(38)33(27)12-6-11-32-13-15-37-16-14-32/h4-5,7-10,17-18,26-27H,6,11-16H2,1-3H3,(H,31,38)(H,35,36)/t26-,27+/m1/s1.